The molecule has 0 unspecified atom stereocenters. The molecule has 0 N–H and O–H groups in total. The maximum atomic E-state index is 12.5. The summed E-state index contributed by atoms with van der Waals surface area (Å²) >= 11 is 0. The van der Waals surface area contributed by atoms with E-state index >= 15 is 0 Å². The Morgan fingerprint density at radius 1 is 1.33 bits per heavy atom. The van der Waals surface area contributed by atoms with Crippen LogP contribution in [-0.4, -0.2) is 74.6 Å². The van der Waals surface area contributed by atoms with Crippen LogP contribution in [0.15, 0.2) is 0 Å². The number of ether oxygens (including phenoxy) is 4. The molecule has 0 aromatic heterocycles. The number of carbonyl (C=O) groups is 1. The minimum Gasteiger partial charge on any atom is -0.452 e. The zero-order valence-electron chi connectivity index (χ0n) is 15.0. The number of hydrazine groups is 1. The lowest BCUT2D eigenvalue weighted by atomic mass is 9.98. The van der Waals surface area contributed by atoms with Crippen molar-refractivity contribution in [3.8, 4) is 0 Å². The van der Waals surface area contributed by atoms with Gasteiger partial charge in [-0.1, -0.05) is 0 Å². The lowest BCUT2D eigenvalue weighted by molar-refractivity contribution is -0.156. The molecule has 0 aromatic carbocycles. The van der Waals surface area contributed by atoms with Gasteiger partial charge in [0.2, 0.25) is 0 Å². The Labute approximate surface area is 144 Å². The molecule has 0 aromatic rings. The SMILES string of the molecule is COC[C@@H]1CCCN1N(C(=O)OC)[C@@H](C)[C@@H]1CCC2(C1)OCCO2. The van der Waals surface area contributed by atoms with Gasteiger partial charge >= 0.3 is 6.09 Å². The molecule has 1 spiro atoms. The first-order valence-electron chi connectivity index (χ1n) is 9.01. The molecule has 1 amide bonds. The van der Waals surface area contributed by atoms with Crippen LogP contribution in [0.1, 0.15) is 39.0 Å². The minimum atomic E-state index is -0.419. The maximum absolute atomic E-state index is 12.5. The van der Waals surface area contributed by atoms with Gasteiger partial charge in [-0.15, -0.1) is 0 Å². The summed E-state index contributed by atoms with van der Waals surface area (Å²) in [6.07, 6.45) is 4.55. The second kappa shape index (κ2) is 7.56. The summed E-state index contributed by atoms with van der Waals surface area (Å²) in [6, 6.07) is 0.271. The van der Waals surface area contributed by atoms with E-state index in [9.17, 15) is 4.79 Å². The van der Waals surface area contributed by atoms with Crippen molar-refractivity contribution >= 4 is 6.09 Å². The van der Waals surface area contributed by atoms with Crippen molar-refractivity contribution in [3.63, 3.8) is 0 Å². The number of rotatable bonds is 5. The van der Waals surface area contributed by atoms with Crippen LogP contribution in [0.3, 0.4) is 0 Å². The second-order valence-electron chi connectivity index (χ2n) is 7.08. The summed E-state index contributed by atoms with van der Waals surface area (Å²) in [6.45, 7) is 4.94. The average Bonchev–Trinajstić information content (AvgIpc) is 3.31. The highest BCUT2D eigenvalue weighted by atomic mass is 16.7. The molecule has 2 aliphatic heterocycles. The third-order valence-electron chi connectivity index (χ3n) is 5.69. The molecule has 0 radical (unpaired) electrons. The van der Waals surface area contributed by atoms with Crippen LogP contribution in [-0.2, 0) is 18.9 Å². The molecule has 3 aliphatic rings. The Hall–Kier alpha value is -0.890. The summed E-state index contributed by atoms with van der Waals surface area (Å²) in [5.41, 5.74) is 0. The summed E-state index contributed by atoms with van der Waals surface area (Å²) < 4.78 is 22.1. The molecule has 24 heavy (non-hydrogen) atoms. The first-order chi connectivity index (χ1) is 11.6. The Morgan fingerprint density at radius 3 is 2.75 bits per heavy atom. The fraction of sp³-hybridized carbons (Fsp3) is 0.941. The predicted octanol–water partition coefficient (Wildman–Crippen LogP) is 2.01. The van der Waals surface area contributed by atoms with E-state index < -0.39 is 5.79 Å². The van der Waals surface area contributed by atoms with E-state index in [4.69, 9.17) is 18.9 Å². The van der Waals surface area contributed by atoms with Crippen molar-refractivity contribution in [2.24, 2.45) is 5.92 Å². The van der Waals surface area contributed by atoms with Crippen LogP contribution in [0.4, 0.5) is 4.79 Å². The van der Waals surface area contributed by atoms with Crippen LogP contribution < -0.4 is 0 Å². The van der Waals surface area contributed by atoms with Crippen molar-refractivity contribution in [3.05, 3.63) is 0 Å². The third-order valence-corrected chi connectivity index (χ3v) is 5.69. The second-order valence-corrected chi connectivity index (χ2v) is 7.08. The molecule has 3 rings (SSSR count). The van der Waals surface area contributed by atoms with Crippen molar-refractivity contribution < 1.29 is 23.7 Å². The van der Waals surface area contributed by atoms with E-state index in [1.807, 2.05) is 5.01 Å². The average molecular weight is 342 g/mol. The van der Waals surface area contributed by atoms with Gasteiger partial charge in [-0.2, -0.15) is 0 Å². The van der Waals surface area contributed by atoms with Crippen molar-refractivity contribution in [2.75, 3.05) is 40.6 Å². The maximum Gasteiger partial charge on any atom is 0.424 e. The lowest BCUT2D eigenvalue weighted by Gasteiger charge is -2.41. The van der Waals surface area contributed by atoms with Gasteiger partial charge in [-0.05, 0) is 32.1 Å². The van der Waals surface area contributed by atoms with Gasteiger partial charge in [0, 0.05) is 26.5 Å². The highest BCUT2D eigenvalue weighted by molar-refractivity contribution is 5.67. The Bertz CT molecular complexity index is 441. The third kappa shape index (κ3) is 3.40. The number of methoxy groups -OCH3 is 2. The number of amides is 1. The molecule has 0 bridgehead atoms. The van der Waals surface area contributed by atoms with Gasteiger partial charge in [0.25, 0.3) is 0 Å². The van der Waals surface area contributed by atoms with E-state index in [0.29, 0.717) is 25.7 Å². The smallest absolute Gasteiger partial charge is 0.424 e. The van der Waals surface area contributed by atoms with Crippen molar-refractivity contribution in [1.82, 2.24) is 10.0 Å². The monoisotopic (exact) mass is 342 g/mol. The van der Waals surface area contributed by atoms with Crippen molar-refractivity contribution in [2.45, 2.75) is 56.9 Å². The number of carbonyl (C=O) groups excluding carboxylic acids is 1. The van der Waals surface area contributed by atoms with E-state index in [1.54, 1.807) is 7.11 Å². The molecular formula is C17H30N2O5. The number of hydrogen-bond donors (Lipinski definition) is 0. The quantitative estimate of drug-likeness (QED) is 0.762. The summed E-state index contributed by atoms with van der Waals surface area (Å²) in [5.74, 6) is -0.0801. The molecule has 3 fully saturated rings. The Balaban J connectivity index is 1.72. The van der Waals surface area contributed by atoms with Gasteiger partial charge < -0.3 is 18.9 Å². The molecule has 2 heterocycles. The first-order valence-corrected chi connectivity index (χ1v) is 9.01. The molecule has 7 nitrogen and oxygen atoms in total. The van der Waals surface area contributed by atoms with Gasteiger partial charge in [0.1, 0.15) is 0 Å². The van der Waals surface area contributed by atoms with Gasteiger partial charge in [0.15, 0.2) is 5.79 Å². The topological polar surface area (TPSA) is 60.5 Å². The predicted molar refractivity (Wildman–Crippen MR) is 87.3 cm³/mol. The summed E-state index contributed by atoms with van der Waals surface area (Å²) in [4.78, 5) is 12.5. The molecule has 1 saturated carbocycles. The normalized spacial score (nSPS) is 30.8. The molecule has 138 valence electrons. The first kappa shape index (κ1) is 17.9. The van der Waals surface area contributed by atoms with Gasteiger partial charge in [-0.25, -0.2) is 14.8 Å². The van der Waals surface area contributed by atoms with Crippen LogP contribution in [0, 0.1) is 5.92 Å². The van der Waals surface area contributed by atoms with Gasteiger partial charge in [-0.3, -0.25) is 0 Å². The molecule has 7 heteroatoms. The van der Waals surface area contributed by atoms with E-state index in [2.05, 4.69) is 11.9 Å². The molecule has 2 saturated heterocycles. The lowest BCUT2D eigenvalue weighted by Crippen LogP contribution is -2.56. The zero-order chi connectivity index (χ0) is 17.2. The fourth-order valence-corrected chi connectivity index (χ4v) is 4.44. The Kier molecular flexibility index (Phi) is 5.64. The molecule has 1 aliphatic carbocycles. The molecular weight excluding hydrogens is 312 g/mol. The van der Waals surface area contributed by atoms with E-state index in [0.717, 1.165) is 38.6 Å². The van der Waals surface area contributed by atoms with Crippen LogP contribution in [0.5, 0.6) is 0 Å². The number of nitrogens with zero attached hydrogens (tertiary/aromatic N) is 2. The van der Waals surface area contributed by atoms with Gasteiger partial charge in [0.05, 0.1) is 39.0 Å². The fourth-order valence-electron chi connectivity index (χ4n) is 4.44. The van der Waals surface area contributed by atoms with Crippen LogP contribution >= 0.6 is 0 Å². The standard InChI is InChI=1S/C17H30N2O5/c1-13(14-6-7-17(11-14)23-9-10-24-17)19(16(20)22-3)18-8-4-5-15(18)12-21-2/h13-15H,4-12H2,1-3H3/t13-,14+,15-/m0/s1. The van der Waals surface area contributed by atoms with Crippen LogP contribution in [0.2, 0.25) is 0 Å². The zero-order valence-corrected chi connectivity index (χ0v) is 15.0. The van der Waals surface area contributed by atoms with Crippen LogP contribution in [0.25, 0.3) is 0 Å². The van der Waals surface area contributed by atoms with Crippen molar-refractivity contribution in [1.29, 1.82) is 0 Å². The minimum absolute atomic E-state index is 0.0436. The summed E-state index contributed by atoms with van der Waals surface area (Å²) in [7, 11) is 3.15. The largest absolute Gasteiger partial charge is 0.452 e. The Morgan fingerprint density at radius 2 is 2.08 bits per heavy atom. The highest BCUT2D eigenvalue weighted by Gasteiger charge is 2.48. The van der Waals surface area contributed by atoms with E-state index in [1.165, 1.54) is 7.11 Å². The molecule has 3 atom stereocenters. The number of hydrogen-bond acceptors (Lipinski definition) is 6. The van der Waals surface area contributed by atoms with E-state index in [-0.39, 0.29) is 18.2 Å². The highest BCUT2D eigenvalue weighted by Crippen LogP contribution is 2.43. The summed E-state index contributed by atoms with van der Waals surface area (Å²) in [5, 5.41) is 3.96.